The van der Waals surface area contributed by atoms with E-state index in [4.69, 9.17) is 9.84 Å². The predicted molar refractivity (Wildman–Crippen MR) is 53.1 cm³/mol. The normalized spacial score (nSPS) is 19.5. The van der Waals surface area contributed by atoms with Gasteiger partial charge in [-0.25, -0.2) is 0 Å². The number of ether oxygens (including phenoxy) is 1. The van der Waals surface area contributed by atoms with Crippen molar-refractivity contribution in [1.29, 1.82) is 0 Å². The van der Waals surface area contributed by atoms with Crippen LogP contribution in [0.5, 0.6) is 0 Å². The fraction of sp³-hybridized carbons (Fsp3) is 0.800. The summed E-state index contributed by atoms with van der Waals surface area (Å²) in [6, 6.07) is 0. The molecule has 0 saturated carbocycles. The zero-order valence-electron chi connectivity index (χ0n) is 8.94. The maximum atomic E-state index is 11.3. The summed E-state index contributed by atoms with van der Waals surface area (Å²) in [5.41, 5.74) is 0. The molecule has 1 unspecified atom stereocenters. The molecule has 15 heavy (non-hydrogen) atoms. The van der Waals surface area contributed by atoms with Crippen LogP contribution in [-0.4, -0.2) is 47.7 Å². The topological polar surface area (TPSA) is 66.8 Å². The minimum atomic E-state index is -0.318. The fourth-order valence-electron chi connectivity index (χ4n) is 1.48. The van der Waals surface area contributed by atoms with E-state index in [0.717, 1.165) is 12.8 Å². The van der Waals surface area contributed by atoms with E-state index in [1.165, 1.54) is 4.90 Å². The van der Waals surface area contributed by atoms with Crippen LogP contribution < -0.4 is 0 Å². The van der Waals surface area contributed by atoms with Crippen molar-refractivity contribution < 1.29 is 19.4 Å². The summed E-state index contributed by atoms with van der Waals surface area (Å²) >= 11 is 0. The summed E-state index contributed by atoms with van der Waals surface area (Å²) in [4.78, 5) is 23.8. The highest BCUT2D eigenvalue weighted by molar-refractivity contribution is 5.98. The van der Waals surface area contributed by atoms with Gasteiger partial charge in [-0.2, -0.15) is 0 Å². The quantitative estimate of drug-likeness (QED) is 0.514. The van der Waals surface area contributed by atoms with Crippen molar-refractivity contribution in [3.8, 4) is 0 Å². The Morgan fingerprint density at radius 2 is 1.93 bits per heavy atom. The van der Waals surface area contributed by atoms with Gasteiger partial charge >= 0.3 is 0 Å². The first-order valence-corrected chi connectivity index (χ1v) is 5.20. The Kier molecular flexibility index (Phi) is 4.71. The Morgan fingerprint density at radius 1 is 1.33 bits per heavy atom. The molecule has 0 aliphatic carbocycles. The summed E-state index contributed by atoms with van der Waals surface area (Å²) in [6.07, 6.45) is 1.94. The fourth-order valence-corrected chi connectivity index (χ4v) is 1.48. The maximum Gasteiger partial charge on any atom is 0.255 e. The first-order chi connectivity index (χ1) is 7.11. The first kappa shape index (κ1) is 12.1. The lowest BCUT2D eigenvalue weighted by atomic mass is 10.1. The third-order valence-corrected chi connectivity index (χ3v) is 2.31. The van der Waals surface area contributed by atoms with Crippen LogP contribution in [0.25, 0.3) is 0 Å². The highest BCUT2D eigenvalue weighted by Crippen LogP contribution is 2.06. The second-order valence-electron chi connectivity index (χ2n) is 3.78. The van der Waals surface area contributed by atoms with Gasteiger partial charge in [-0.15, -0.1) is 0 Å². The van der Waals surface area contributed by atoms with Crippen molar-refractivity contribution in [3.05, 3.63) is 0 Å². The number of hydrogen-bond acceptors (Lipinski definition) is 4. The molecule has 86 valence electrons. The van der Waals surface area contributed by atoms with Crippen LogP contribution in [0.4, 0.5) is 0 Å². The summed E-state index contributed by atoms with van der Waals surface area (Å²) in [7, 11) is 0. The first-order valence-electron chi connectivity index (χ1n) is 5.20. The molecular weight excluding hydrogens is 198 g/mol. The number of aliphatic hydroxyl groups is 1. The van der Waals surface area contributed by atoms with Gasteiger partial charge in [0, 0.05) is 6.54 Å². The predicted octanol–water partition coefficient (Wildman–Crippen LogP) is -0.0771. The second-order valence-corrected chi connectivity index (χ2v) is 3.78. The van der Waals surface area contributed by atoms with Gasteiger partial charge in [0.25, 0.3) is 11.8 Å². The lowest BCUT2D eigenvalue weighted by Gasteiger charge is -2.24. The van der Waals surface area contributed by atoms with Crippen molar-refractivity contribution in [2.75, 3.05) is 19.8 Å². The zero-order valence-corrected chi connectivity index (χ0v) is 8.94. The molecule has 5 heteroatoms. The van der Waals surface area contributed by atoms with Crippen LogP contribution in [0, 0.1) is 0 Å². The minimum absolute atomic E-state index is 0.00213. The van der Waals surface area contributed by atoms with E-state index in [1.54, 1.807) is 6.92 Å². The molecule has 1 saturated heterocycles. The van der Waals surface area contributed by atoms with Crippen LogP contribution in [0.15, 0.2) is 0 Å². The Morgan fingerprint density at radius 3 is 2.47 bits per heavy atom. The number of rotatable bonds is 5. The summed E-state index contributed by atoms with van der Waals surface area (Å²) in [6.45, 7) is 2.17. The molecule has 0 aromatic heterocycles. The summed E-state index contributed by atoms with van der Waals surface area (Å²) in [5.74, 6) is -0.522. The van der Waals surface area contributed by atoms with Gasteiger partial charge < -0.3 is 9.84 Å². The average molecular weight is 215 g/mol. The second kappa shape index (κ2) is 5.82. The number of imide groups is 1. The molecule has 1 N–H and O–H groups in total. The van der Waals surface area contributed by atoms with Crippen LogP contribution in [0.1, 0.15) is 26.2 Å². The minimum Gasteiger partial charge on any atom is -0.393 e. The summed E-state index contributed by atoms with van der Waals surface area (Å²) < 4.78 is 4.79. The number of hydrogen-bond donors (Lipinski definition) is 1. The molecule has 0 spiro atoms. The smallest absolute Gasteiger partial charge is 0.255 e. The number of carbonyl (C=O) groups excluding carboxylic acids is 2. The van der Waals surface area contributed by atoms with Crippen molar-refractivity contribution in [2.45, 2.75) is 32.3 Å². The zero-order chi connectivity index (χ0) is 11.3. The number of aliphatic hydroxyl groups excluding tert-OH is 1. The molecule has 1 heterocycles. The van der Waals surface area contributed by atoms with E-state index in [2.05, 4.69) is 0 Å². The van der Waals surface area contributed by atoms with E-state index in [9.17, 15) is 9.59 Å². The van der Waals surface area contributed by atoms with Gasteiger partial charge in [-0.1, -0.05) is 0 Å². The van der Waals surface area contributed by atoms with E-state index >= 15 is 0 Å². The third kappa shape index (κ3) is 3.97. The molecular formula is C10H17NO4. The van der Waals surface area contributed by atoms with Crippen LogP contribution >= 0.6 is 0 Å². The van der Waals surface area contributed by atoms with Crippen LogP contribution in [0.3, 0.4) is 0 Å². The number of nitrogens with zero attached hydrogens (tertiary/aromatic N) is 1. The van der Waals surface area contributed by atoms with Crippen molar-refractivity contribution in [2.24, 2.45) is 0 Å². The largest absolute Gasteiger partial charge is 0.393 e. The molecule has 0 bridgehead atoms. The van der Waals surface area contributed by atoms with Gasteiger partial charge in [0.1, 0.15) is 13.2 Å². The molecule has 0 radical (unpaired) electrons. The van der Waals surface area contributed by atoms with Crippen molar-refractivity contribution in [1.82, 2.24) is 4.90 Å². The molecule has 5 nitrogen and oxygen atoms in total. The van der Waals surface area contributed by atoms with Gasteiger partial charge in [-0.3, -0.25) is 14.5 Å². The van der Waals surface area contributed by atoms with Crippen LogP contribution in [-0.2, 0) is 14.3 Å². The molecule has 1 rings (SSSR count). The molecule has 0 aromatic rings. The monoisotopic (exact) mass is 215 g/mol. The lowest BCUT2D eigenvalue weighted by Crippen LogP contribution is -2.46. The maximum absolute atomic E-state index is 11.3. The van der Waals surface area contributed by atoms with E-state index in [-0.39, 0.29) is 31.1 Å². The molecule has 1 atom stereocenters. The van der Waals surface area contributed by atoms with Crippen molar-refractivity contribution in [3.63, 3.8) is 0 Å². The van der Waals surface area contributed by atoms with E-state index in [1.807, 2.05) is 0 Å². The highest BCUT2D eigenvalue weighted by atomic mass is 16.5. The average Bonchev–Trinajstić information content (AvgIpc) is 2.15. The van der Waals surface area contributed by atoms with Gasteiger partial charge in [-0.05, 0) is 26.2 Å². The van der Waals surface area contributed by atoms with Crippen molar-refractivity contribution >= 4 is 11.8 Å². The van der Waals surface area contributed by atoms with Gasteiger partial charge in [0.2, 0.25) is 0 Å². The third-order valence-electron chi connectivity index (χ3n) is 2.31. The number of amides is 2. The number of carbonyl (C=O) groups is 2. The number of unbranched alkanes of at least 4 members (excludes halogenated alkanes) is 1. The molecule has 1 aliphatic rings. The standard InChI is InChI=1S/C10H17NO4/c1-8(12)4-2-3-5-11-9(13)6-15-7-10(11)14/h8,12H,2-7H2,1H3. The SMILES string of the molecule is CC(O)CCCCN1C(=O)COCC1=O. The molecule has 0 aromatic carbocycles. The number of morpholine rings is 1. The Balaban J connectivity index is 2.24. The van der Waals surface area contributed by atoms with Crippen LogP contribution in [0.2, 0.25) is 0 Å². The Hall–Kier alpha value is -0.940. The molecule has 1 aliphatic heterocycles. The van der Waals surface area contributed by atoms with E-state index in [0.29, 0.717) is 13.0 Å². The lowest BCUT2D eigenvalue weighted by molar-refractivity contribution is -0.158. The highest BCUT2D eigenvalue weighted by Gasteiger charge is 2.25. The Labute approximate surface area is 89.0 Å². The molecule has 2 amide bonds. The van der Waals surface area contributed by atoms with E-state index < -0.39 is 0 Å². The Bertz CT molecular complexity index is 224. The summed E-state index contributed by atoms with van der Waals surface area (Å²) in [5, 5.41) is 9.03. The molecule has 1 fully saturated rings. The van der Waals surface area contributed by atoms with Gasteiger partial charge in [0.15, 0.2) is 0 Å². The van der Waals surface area contributed by atoms with Gasteiger partial charge in [0.05, 0.1) is 6.10 Å².